The van der Waals surface area contributed by atoms with Crippen LogP contribution in [0.2, 0.25) is 10.0 Å². The van der Waals surface area contributed by atoms with Gasteiger partial charge in [-0.1, -0.05) is 23.2 Å². The molecule has 3 nitrogen and oxygen atoms in total. The third-order valence-corrected chi connectivity index (χ3v) is 3.47. The summed E-state index contributed by atoms with van der Waals surface area (Å²) in [4.78, 5) is 11.8. The molecule has 2 rings (SSSR count). The molecule has 0 heterocycles. The molecule has 0 bridgehead atoms. The maximum Gasteiger partial charge on any atom is 0.226 e. The maximum absolute atomic E-state index is 12.7. The van der Waals surface area contributed by atoms with Crippen LogP contribution in [0.3, 0.4) is 0 Å². The molecule has 2 aromatic rings. The van der Waals surface area contributed by atoms with Gasteiger partial charge in [-0.25, -0.2) is 4.39 Å². The summed E-state index contributed by atoms with van der Waals surface area (Å²) in [6, 6.07) is 10.8. The Bertz CT molecular complexity index is 632. The highest BCUT2D eigenvalue weighted by molar-refractivity contribution is 6.42. The summed E-state index contributed by atoms with van der Waals surface area (Å²) in [7, 11) is 0. The van der Waals surface area contributed by atoms with E-state index in [2.05, 4.69) is 10.6 Å². The molecule has 21 heavy (non-hydrogen) atoms. The predicted molar refractivity (Wildman–Crippen MR) is 84.6 cm³/mol. The summed E-state index contributed by atoms with van der Waals surface area (Å²) < 4.78 is 12.7. The summed E-state index contributed by atoms with van der Waals surface area (Å²) in [6.07, 6.45) is 0.275. The van der Waals surface area contributed by atoms with Crippen molar-refractivity contribution in [1.82, 2.24) is 0 Å². The highest BCUT2D eigenvalue weighted by atomic mass is 35.5. The highest BCUT2D eigenvalue weighted by Gasteiger charge is 2.04. The second-order valence-electron chi connectivity index (χ2n) is 4.36. The topological polar surface area (TPSA) is 41.1 Å². The molecule has 0 aliphatic heterocycles. The zero-order valence-corrected chi connectivity index (χ0v) is 12.5. The van der Waals surface area contributed by atoms with E-state index >= 15 is 0 Å². The lowest BCUT2D eigenvalue weighted by atomic mass is 10.3. The van der Waals surface area contributed by atoms with Gasteiger partial charge in [0, 0.05) is 24.3 Å². The first-order valence-electron chi connectivity index (χ1n) is 6.29. The number of rotatable bonds is 5. The van der Waals surface area contributed by atoms with Gasteiger partial charge in [0.25, 0.3) is 0 Å². The third-order valence-electron chi connectivity index (χ3n) is 2.73. The van der Waals surface area contributed by atoms with E-state index in [1.807, 2.05) is 0 Å². The van der Waals surface area contributed by atoms with E-state index in [4.69, 9.17) is 23.2 Å². The zero-order chi connectivity index (χ0) is 15.2. The van der Waals surface area contributed by atoms with Gasteiger partial charge >= 0.3 is 0 Å². The first kappa shape index (κ1) is 15.6. The van der Waals surface area contributed by atoms with Crippen LogP contribution in [0.25, 0.3) is 0 Å². The molecule has 0 spiro atoms. The van der Waals surface area contributed by atoms with Crippen molar-refractivity contribution in [3.05, 3.63) is 58.3 Å². The number of benzene rings is 2. The van der Waals surface area contributed by atoms with Crippen molar-refractivity contribution in [2.45, 2.75) is 6.42 Å². The normalized spacial score (nSPS) is 10.2. The minimum atomic E-state index is -0.294. The number of carbonyl (C=O) groups is 1. The van der Waals surface area contributed by atoms with Crippen molar-refractivity contribution in [1.29, 1.82) is 0 Å². The van der Waals surface area contributed by atoms with Crippen LogP contribution in [0.15, 0.2) is 42.5 Å². The highest BCUT2D eigenvalue weighted by Crippen LogP contribution is 2.25. The van der Waals surface area contributed by atoms with Crippen LogP contribution in [0, 0.1) is 5.82 Å². The van der Waals surface area contributed by atoms with Crippen LogP contribution >= 0.6 is 23.2 Å². The third kappa shape index (κ3) is 4.92. The molecule has 0 aliphatic rings. The molecule has 2 N–H and O–H groups in total. The van der Waals surface area contributed by atoms with E-state index in [1.165, 1.54) is 12.1 Å². The maximum atomic E-state index is 12.7. The Labute approximate surface area is 132 Å². The molecule has 0 atom stereocenters. The van der Waals surface area contributed by atoms with Gasteiger partial charge in [-0.05, 0) is 42.5 Å². The number of carbonyl (C=O) groups excluding carboxylic acids is 1. The van der Waals surface area contributed by atoms with Gasteiger partial charge in [0.05, 0.1) is 10.0 Å². The molecule has 0 saturated heterocycles. The lowest BCUT2D eigenvalue weighted by Crippen LogP contribution is -2.16. The van der Waals surface area contributed by atoms with Gasteiger partial charge in [0.1, 0.15) is 5.82 Å². The fraction of sp³-hybridized carbons (Fsp3) is 0.133. The van der Waals surface area contributed by atoms with Gasteiger partial charge in [-0.3, -0.25) is 4.79 Å². The van der Waals surface area contributed by atoms with Crippen molar-refractivity contribution >= 4 is 40.5 Å². The Morgan fingerprint density at radius 3 is 2.33 bits per heavy atom. The SMILES string of the molecule is O=C(CCNc1ccc(F)cc1)Nc1ccc(Cl)c(Cl)c1. The minimum Gasteiger partial charge on any atom is -0.385 e. The van der Waals surface area contributed by atoms with E-state index in [-0.39, 0.29) is 18.1 Å². The zero-order valence-electron chi connectivity index (χ0n) is 11.0. The largest absolute Gasteiger partial charge is 0.385 e. The summed E-state index contributed by atoms with van der Waals surface area (Å²) in [5.74, 6) is -0.444. The van der Waals surface area contributed by atoms with Gasteiger partial charge in [0.15, 0.2) is 0 Å². The molecular weight excluding hydrogens is 314 g/mol. The summed E-state index contributed by atoms with van der Waals surface area (Å²) in [5, 5.41) is 6.58. The Kier molecular flexibility index (Phi) is 5.42. The van der Waals surface area contributed by atoms with Crippen LogP contribution in [-0.2, 0) is 4.79 Å². The first-order chi connectivity index (χ1) is 10.0. The molecule has 2 aromatic carbocycles. The molecule has 0 saturated carbocycles. The molecule has 6 heteroatoms. The van der Waals surface area contributed by atoms with Crippen LogP contribution in [0.1, 0.15) is 6.42 Å². The minimum absolute atomic E-state index is 0.150. The molecule has 0 aliphatic carbocycles. The molecule has 0 fully saturated rings. The fourth-order valence-corrected chi connectivity index (χ4v) is 1.98. The van der Waals surface area contributed by atoms with E-state index in [9.17, 15) is 9.18 Å². The standard InChI is InChI=1S/C15H13Cl2FN2O/c16-13-6-5-12(9-14(13)17)20-15(21)7-8-19-11-3-1-10(18)2-4-11/h1-6,9,19H,7-8H2,(H,20,21). The smallest absolute Gasteiger partial charge is 0.226 e. The Balaban J connectivity index is 1.79. The summed E-state index contributed by atoms with van der Waals surface area (Å²) >= 11 is 11.7. The average Bonchev–Trinajstić information content (AvgIpc) is 2.45. The predicted octanol–water partition coefficient (Wildman–Crippen LogP) is 4.57. The Hall–Kier alpha value is -1.78. The molecule has 0 radical (unpaired) electrons. The number of halogens is 3. The average molecular weight is 327 g/mol. The van der Waals surface area contributed by atoms with Crippen LogP contribution in [0.5, 0.6) is 0 Å². The second kappa shape index (κ2) is 7.29. The van der Waals surface area contributed by atoms with E-state index in [0.29, 0.717) is 22.3 Å². The van der Waals surface area contributed by atoms with Crippen molar-refractivity contribution in [3.8, 4) is 0 Å². The summed E-state index contributed by atoms with van der Waals surface area (Å²) in [5.41, 5.74) is 1.36. The first-order valence-corrected chi connectivity index (χ1v) is 7.04. The summed E-state index contributed by atoms with van der Waals surface area (Å²) in [6.45, 7) is 0.443. The van der Waals surface area contributed by atoms with Gasteiger partial charge in [0.2, 0.25) is 5.91 Å². The van der Waals surface area contributed by atoms with Crippen molar-refractivity contribution in [2.75, 3.05) is 17.2 Å². The molecule has 1 amide bonds. The fourth-order valence-electron chi connectivity index (χ4n) is 1.69. The number of hydrogen-bond donors (Lipinski definition) is 2. The number of anilines is 2. The lowest BCUT2D eigenvalue weighted by Gasteiger charge is -2.08. The van der Waals surface area contributed by atoms with Crippen molar-refractivity contribution in [2.24, 2.45) is 0 Å². The van der Waals surface area contributed by atoms with Crippen molar-refractivity contribution < 1.29 is 9.18 Å². The molecular formula is C15H13Cl2FN2O. The van der Waals surface area contributed by atoms with Crippen LogP contribution in [0.4, 0.5) is 15.8 Å². The lowest BCUT2D eigenvalue weighted by molar-refractivity contribution is -0.115. The second-order valence-corrected chi connectivity index (χ2v) is 5.18. The van der Waals surface area contributed by atoms with Gasteiger partial charge in [-0.2, -0.15) is 0 Å². The van der Waals surface area contributed by atoms with Gasteiger partial charge < -0.3 is 10.6 Å². The molecule has 110 valence electrons. The Morgan fingerprint density at radius 2 is 1.67 bits per heavy atom. The monoisotopic (exact) mass is 326 g/mol. The van der Waals surface area contributed by atoms with E-state index in [1.54, 1.807) is 30.3 Å². The number of hydrogen-bond acceptors (Lipinski definition) is 2. The Morgan fingerprint density at radius 1 is 1.00 bits per heavy atom. The number of amides is 1. The molecule has 0 unspecified atom stereocenters. The quantitative estimate of drug-likeness (QED) is 0.844. The molecule has 0 aromatic heterocycles. The van der Waals surface area contributed by atoms with E-state index in [0.717, 1.165) is 5.69 Å². The van der Waals surface area contributed by atoms with Crippen molar-refractivity contribution in [3.63, 3.8) is 0 Å². The van der Waals surface area contributed by atoms with Crippen LogP contribution in [-0.4, -0.2) is 12.5 Å². The van der Waals surface area contributed by atoms with E-state index < -0.39 is 0 Å². The number of nitrogens with one attached hydrogen (secondary N) is 2. The van der Waals surface area contributed by atoms with Gasteiger partial charge in [-0.15, -0.1) is 0 Å². The van der Waals surface area contributed by atoms with Crippen LogP contribution < -0.4 is 10.6 Å².